The van der Waals surface area contributed by atoms with Crippen molar-refractivity contribution in [1.82, 2.24) is 0 Å². The van der Waals surface area contributed by atoms with Crippen LogP contribution in [0, 0.1) is 34.0 Å². The SMILES string of the molecule is CC(C=CC1=C(C)CCCC1(C)C)=CC=CC(C)=CC(=O)OCC(=O)[C@@]1(O)CC[C@H]2[C@@H]3CCC4=CC(=O)CC[C@]4(C)[C@H]3CC[C@@]21C. The van der Waals surface area contributed by atoms with Crippen LogP contribution >= 0.6 is 0 Å². The topological polar surface area (TPSA) is 80.7 Å². The van der Waals surface area contributed by atoms with Gasteiger partial charge in [0.2, 0.25) is 5.78 Å². The summed E-state index contributed by atoms with van der Waals surface area (Å²) in [5, 5.41) is 11.9. The van der Waals surface area contributed by atoms with Crippen molar-refractivity contribution in [3.63, 3.8) is 0 Å². The van der Waals surface area contributed by atoms with E-state index in [1.54, 1.807) is 0 Å². The summed E-state index contributed by atoms with van der Waals surface area (Å²) in [5.74, 6) is 0.468. The van der Waals surface area contributed by atoms with Gasteiger partial charge >= 0.3 is 5.97 Å². The van der Waals surface area contributed by atoms with Crippen LogP contribution in [-0.2, 0) is 19.1 Å². The van der Waals surface area contributed by atoms with E-state index in [-0.39, 0.29) is 28.3 Å². The van der Waals surface area contributed by atoms with Gasteiger partial charge in [-0.15, -0.1) is 0 Å². The van der Waals surface area contributed by atoms with E-state index in [9.17, 15) is 19.5 Å². The predicted molar refractivity (Wildman–Crippen MR) is 184 cm³/mol. The van der Waals surface area contributed by atoms with E-state index in [1.165, 1.54) is 42.1 Å². The molecule has 5 rings (SSSR count). The average Bonchev–Trinajstić information content (AvgIpc) is 3.27. The molecule has 6 atom stereocenters. The molecule has 0 radical (unpaired) electrons. The second kappa shape index (κ2) is 13.0. The summed E-state index contributed by atoms with van der Waals surface area (Å²) in [6.07, 6.45) is 23.6. The summed E-state index contributed by atoms with van der Waals surface area (Å²) < 4.78 is 5.41. The van der Waals surface area contributed by atoms with Gasteiger partial charge in [-0.05, 0) is 131 Å². The maximum absolute atomic E-state index is 13.6. The fraction of sp³-hybridized carbons (Fsp3) is 0.634. The molecule has 5 nitrogen and oxygen atoms in total. The highest BCUT2D eigenvalue weighted by atomic mass is 16.5. The second-order valence-electron chi connectivity index (χ2n) is 16.3. The normalized spacial score (nSPS) is 36.4. The van der Waals surface area contributed by atoms with Crippen LogP contribution in [0.15, 0.2) is 70.4 Å². The van der Waals surface area contributed by atoms with Crippen LogP contribution < -0.4 is 0 Å². The van der Waals surface area contributed by atoms with Crippen LogP contribution in [-0.4, -0.2) is 34.9 Å². The Bertz CT molecular complexity index is 1450. The molecule has 0 unspecified atom stereocenters. The van der Waals surface area contributed by atoms with Gasteiger partial charge in [0.25, 0.3) is 0 Å². The van der Waals surface area contributed by atoms with Crippen molar-refractivity contribution in [2.24, 2.45) is 34.0 Å². The largest absolute Gasteiger partial charge is 0.454 e. The van der Waals surface area contributed by atoms with Crippen LogP contribution in [0.4, 0.5) is 0 Å². The Labute approximate surface area is 277 Å². The van der Waals surface area contributed by atoms with Crippen molar-refractivity contribution in [1.29, 1.82) is 0 Å². The molecule has 0 aliphatic heterocycles. The molecule has 0 heterocycles. The number of carbonyl (C=O) groups is 3. The summed E-state index contributed by atoms with van der Waals surface area (Å²) in [5.41, 5.74) is 4.30. The molecule has 3 saturated carbocycles. The quantitative estimate of drug-likeness (QED) is 0.165. The minimum atomic E-state index is -1.49. The lowest BCUT2D eigenvalue weighted by atomic mass is 9.46. The number of hydrogen-bond acceptors (Lipinski definition) is 5. The summed E-state index contributed by atoms with van der Waals surface area (Å²) in [7, 11) is 0. The summed E-state index contributed by atoms with van der Waals surface area (Å²) in [6, 6.07) is 0. The van der Waals surface area contributed by atoms with Crippen molar-refractivity contribution < 1.29 is 24.2 Å². The summed E-state index contributed by atoms with van der Waals surface area (Å²) >= 11 is 0. The minimum absolute atomic E-state index is 0.0469. The maximum Gasteiger partial charge on any atom is 0.331 e. The Balaban J connectivity index is 1.16. The zero-order chi connectivity index (χ0) is 33.5. The standard InChI is InChI=1S/C41H56O5/c1-27(13-16-33-29(3)12-9-20-38(33,4)5)10-8-11-28(2)24-37(44)46-26-36(43)41(45)23-19-35-32-15-14-30-25-31(42)17-21-39(30,6)34(32)18-22-40(35,41)7/h8,10-11,13,16,24-25,32,34-35,45H,9,12,14-15,17-23,26H2,1-7H3/t32-,34+,35+,39+,40+,41+/m1/s1. The minimum Gasteiger partial charge on any atom is -0.454 e. The number of ether oxygens (including phenoxy) is 1. The van der Waals surface area contributed by atoms with Crippen LogP contribution in [0.25, 0.3) is 0 Å². The number of carbonyl (C=O) groups excluding carboxylic acids is 3. The van der Waals surface area contributed by atoms with Gasteiger partial charge in [0.15, 0.2) is 12.4 Å². The Morgan fingerprint density at radius 3 is 2.41 bits per heavy atom. The first-order valence-corrected chi connectivity index (χ1v) is 17.7. The average molecular weight is 629 g/mol. The molecule has 5 aliphatic carbocycles. The van der Waals surface area contributed by atoms with Gasteiger partial charge in [0.1, 0.15) is 5.60 Å². The van der Waals surface area contributed by atoms with Crippen molar-refractivity contribution in [2.45, 2.75) is 125 Å². The van der Waals surface area contributed by atoms with Crippen molar-refractivity contribution in [3.05, 3.63) is 70.4 Å². The molecule has 5 heteroatoms. The molecular formula is C41H56O5. The lowest BCUT2D eigenvalue weighted by Gasteiger charge is -2.58. The van der Waals surface area contributed by atoms with Crippen LogP contribution in [0.5, 0.6) is 0 Å². The van der Waals surface area contributed by atoms with Gasteiger partial charge in [-0.1, -0.05) is 74.8 Å². The first-order valence-electron chi connectivity index (χ1n) is 17.7. The number of Topliss-reactive ketones (excluding diaryl/α,β-unsaturated/α-hetero) is 1. The van der Waals surface area contributed by atoms with Gasteiger partial charge in [0, 0.05) is 17.9 Å². The number of aliphatic hydroxyl groups is 1. The number of hydrogen-bond donors (Lipinski definition) is 1. The zero-order valence-electron chi connectivity index (χ0n) is 29.3. The highest BCUT2D eigenvalue weighted by molar-refractivity contribution is 5.93. The maximum atomic E-state index is 13.6. The zero-order valence-corrected chi connectivity index (χ0v) is 29.3. The smallest absolute Gasteiger partial charge is 0.331 e. The molecule has 0 saturated heterocycles. The molecule has 0 spiro atoms. The molecular weight excluding hydrogens is 572 g/mol. The van der Waals surface area contributed by atoms with Crippen molar-refractivity contribution in [3.8, 4) is 0 Å². The molecule has 46 heavy (non-hydrogen) atoms. The Hall–Kier alpha value is -2.79. The Morgan fingerprint density at radius 1 is 0.935 bits per heavy atom. The van der Waals surface area contributed by atoms with Crippen molar-refractivity contribution in [2.75, 3.05) is 6.61 Å². The van der Waals surface area contributed by atoms with Crippen LogP contribution in [0.1, 0.15) is 119 Å². The van der Waals surface area contributed by atoms with E-state index < -0.39 is 23.6 Å². The van der Waals surface area contributed by atoms with Gasteiger partial charge in [-0.2, -0.15) is 0 Å². The number of allylic oxidation sites excluding steroid dienone is 10. The van der Waals surface area contributed by atoms with Gasteiger partial charge < -0.3 is 9.84 Å². The Morgan fingerprint density at radius 2 is 1.67 bits per heavy atom. The van der Waals surface area contributed by atoms with E-state index in [4.69, 9.17) is 4.74 Å². The predicted octanol–water partition coefficient (Wildman–Crippen LogP) is 8.89. The van der Waals surface area contributed by atoms with E-state index in [1.807, 2.05) is 31.2 Å². The van der Waals surface area contributed by atoms with E-state index in [0.29, 0.717) is 24.7 Å². The third kappa shape index (κ3) is 6.38. The molecule has 0 aromatic rings. The molecule has 5 aliphatic rings. The molecule has 0 bridgehead atoms. The van der Waals surface area contributed by atoms with Crippen LogP contribution in [0.2, 0.25) is 0 Å². The summed E-state index contributed by atoms with van der Waals surface area (Å²) in [6.45, 7) is 14.8. The second-order valence-corrected chi connectivity index (χ2v) is 16.3. The van der Waals surface area contributed by atoms with Gasteiger partial charge in [-0.25, -0.2) is 4.79 Å². The molecule has 1 N–H and O–H groups in total. The molecule has 0 amide bonds. The highest BCUT2D eigenvalue weighted by Gasteiger charge is 2.66. The number of fused-ring (bicyclic) bond motifs is 5. The van der Waals surface area contributed by atoms with Crippen molar-refractivity contribution >= 4 is 17.5 Å². The number of esters is 1. The van der Waals surface area contributed by atoms with E-state index in [0.717, 1.165) is 49.7 Å². The lowest BCUT2D eigenvalue weighted by molar-refractivity contribution is -0.168. The highest BCUT2D eigenvalue weighted by Crippen LogP contribution is 2.67. The first-order chi connectivity index (χ1) is 21.6. The fourth-order valence-electron chi connectivity index (χ4n) is 10.2. The van der Waals surface area contributed by atoms with Gasteiger partial charge in [0.05, 0.1) is 0 Å². The molecule has 0 aromatic carbocycles. The molecule has 0 aromatic heterocycles. The third-order valence-corrected chi connectivity index (χ3v) is 13.0. The fourth-order valence-corrected chi connectivity index (χ4v) is 10.2. The number of ketones is 2. The van der Waals surface area contributed by atoms with Gasteiger partial charge in [-0.3, -0.25) is 9.59 Å². The lowest BCUT2D eigenvalue weighted by Crippen LogP contribution is -2.58. The van der Waals surface area contributed by atoms with E-state index in [2.05, 4.69) is 53.7 Å². The first kappa shape index (κ1) is 34.5. The monoisotopic (exact) mass is 628 g/mol. The van der Waals surface area contributed by atoms with E-state index >= 15 is 0 Å². The third-order valence-electron chi connectivity index (χ3n) is 13.0. The summed E-state index contributed by atoms with van der Waals surface area (Å²) in [4.78, 5) is 38.4. The Kier molecular flexibility index (Phi) is 9.77. The molecule has 250 valence electrons. The number of rotatable bonds is 8. The molecule has 3 fully saturated rings. The van der Waals surface area contributed by atoms with Crippen LogP contribution in [0.3, 0.4) is 0 Å².